The maximum atomic E-state index is 12.0. The summed E-state index contributed by atoms with van der Waals surface area (Å²) in [5.41, 5.74) is 2.23. The van der Waals surface area contributed by atoms with Crippen molar-refractivity contribution in [2.24, 2.45) is 0 Å². The number of aromatic nitrogens is 2. The average Bonchev–Trinajstić information content (AvgIpc) is 3.11. The minimum atomic E-state index is -0.273. The van der Waals surface area contributed by atoms with E-state index in [0.29, 0.717) is 22.4 Å². The molecule has 3 aromatic rings. The summed E-state index contributed by atoms with van der Waals surface area (Å²) >= 11 is 5.96. The van der Waals surface area contributed by atoms with Crippen LogP contribution in [0.2, 0.25) is 5.02 Å². The molecule has 24 heavy (non-hydrogen) atoms. The predicted octanol–water partition coefficient (Wildman–Crippen LogP) is 3.72. The Morgan fingerprint density at radius 2 is 2.17 bits per heavy atom. The zero-order chi connectivity index (χ0) is 16.9. The van der Waals surface area contributed by atoms with E-state index in [2.05, 4.69) is 15.5 Å². The Morgan fingerprint density at radius 1 is 1.29 bits per heavy atom. The van der Waals surface area contributed by atoms with Crippen LogP contribution in [0.15, 0.2) is 53.3 Å². The van der Waals surface area contributed by atoms with E-state index in [1.807, 2.05) is 13.0 Å². The van der Waals surface area contributed by atoms with Gasteiger partial charge in [-0.2, -0.15) is 0 Å². The molecule has 0 atom stereocenters. The van der Waals surface area contributed by atoms with Crippen LogP contribution in [-0.2, 0) is 4.79 Å². The molecule has 0 aliphatic rings. The number of anilines is 1. The molecule has 7 heteroatoms. The van der Waals surface area contributed by atoms with E-state index >= 15 is 0 Å². The van der Waals surface area contributed by atoms with Crippen molar-refractivity contribution in [3.05, 3.63) is 59.4 Å². The lowest BCUT2D eigenvalue weighted by Crippen LogP contribution is -2.20. The highest BCUT2D eigenvalue weighted by Crippen LogP contribution is 2.22. The number of benzene rings is 2. The first-order valence-corrected chi connectivity index (χ1v) is 7.55. The monoisotopic (exact) mass is 343 g/mol. The maximum Gasteiger partial charge on any atom is 0.262 e. The van der Waals surface area contributed by atoms with Crippen molar-refractivity contribution in [3.8, 4) is 17.2 Å². The van der Waals surface area contributed by atoms with Gasteiger partial charge in [0.1, 0.15) is 5.75 Å². The molecule has 1 heterocycles. The molecular formula is C17H14ClN3O3. The summed E-state index contributed by atoms with van der Waals surface area (Å²) in [6.45, 7) is 1.77. The molecule has 1 aromatic heterocycles. The van der Waals surface area contributed by atoms with Crippen molar-refractivity contribution < 1.29 is 13.9 Å². The Hall–Kier alpha value is -2.86. The van der Waals surface area contributed by atoms with Crippen LogP contribution < -0.4 is 10.1 Å². The molecule has 1 N–H and O–H groups in total. The lowest BCUT2D eigenvalue weighted by Gasteiger charge is -2.09. The van der Waals surface area contributed by atoms with Crippen LogP contribution >= 0.6 is 11.6 Å². The Kier molecular flexibility index (Phi) is 4.77. The van der Waals surface area contributed by atoms with Crippen molar-refractivity contribution in [2.75, 3.05) is 11.9 Å². The van der Waals surface area contributed by atoms with Crippen LogP contribution in [0, 0.1) is 6.92 Å². The fraction of sp³-hybridized carbons (Fsp3) is 0.118. The van der Waals surface area contributed by atoms with Crippen molar-refractivity contribution in [1.29, 1.82) is 0 Å². The van der Waals surface area contributed by atoms with E-state index < -0.39 is 0 Å². The summed E-state index contributed by atoms with van der Waals surface area (Å²) in [6, 6.07) is 12.4. The molecule has 3 rings (SSSR count). The lowest BCUT2D eigenvalue weighted by atomic mass is 10.2. The summed E-state index contributed by atoms with van der Waals surface area (Å²) in [5.74, 6) is 0.705. The van der Waals surface area contributed by atoms with E-state index in [1.165, 1.54) is 6.39 Å². The van der Waals surface area contributed by atoms with Crippen LogP contribution in [0.5, 0.6) is 5.75 Å². The fourth-order valence-corrected chi connectivity index (χ4v) is 2.20. The topological polar surface area (TPSA) is 77.2 Å². The number of ether oxygens (including phenoxy) is 1. The number of carbonyl (C=O) groups is 1. The summed E-state index contributed by atoms with van der Waals surface area (Å²) in [6.07, 6.45) is 1.25. The molecule has 0 aliphatic carbocycles. The molecule has 1 amide bonds. The minimum absolute atomic E-state index is 0.105. The van der Waals surface area contributed by atoms with Crippen molar-refractivity contribution in [3.63, 3.8) is 0 Å². The molecule has 122 valence electrons. The number of hydrogen-bond acceptors (Lipinski definition) is 5. The van der Waals surface area contributed by atoms with Gasteiger partial charge in [0.15, 0.2) is 6.61 Å². The molecule has 0 saturated heterocycles. The van der Waals surface area contributed by atoms with Crippen molar-refractivity contribution in [2.45, 2.75) is 6.92 Å². The third-order valence-electron chi connectivity index (χ3n) is 3.25. The molecule has 2 aromatic carbocycles. The van der Waals surface area contributed by atoms with Gasteiger partial charge in [-0.25, -0.2) is 0 Å². The Morgan fingerprint density at radius 3 is 2.92 bits per heavy atom. The zero-order valence-corrected chi connectivity index (χ0v) is 13.6. The maximum absolute atomic E-state index is 12.0. The summed E-state index contributed by atoms with van der Waals surface area (Å²) in [4.78, 5) is 12.0. The van der Waals surface area contributed by atoms with Gasteiger partial charge in [-0.1, -0.05) is 17.7 Å². The lowest BCUT2D eigenvalue weighted by molar-refractivity contribution is -0.118. The first-order chi connectivity index (χ1) is 11.6. The highest BCUT2D eigenvalue weighted by molar-refractivity contribution is 6.31. The smallest absolute Gasteiger partial charge is 0.262 e. The first kappa shape index (κ1) is 16.0. The SMILES string of the molecule is Cc1cc(OCC(=O)Nc2cccc(-c3nnco3)c2)ccc1Cl. The van der Waals surface area contributed by atoms with Crippen molar-refractivity contribution >= 4 is 23.2 Å². The molecule has 0 unspecified atom stereocenters. The zero-order valence-electron chi connectivity index (χ0n) is 12.8. The number of nitrogens with one attached hydrogen (secondary N) is 1. The average molecular weight is 344 g/mol. The Bertz CT molecular complexity index is 850. The summed E-state index contributed by atoms with van der Waals surface area (Å²) in [5, 5.41) is 10.9. The van der Waals surface area contributed by atoms with Crippen LogP contribution in [0.4, 0.5) is 5.69 Å². The van der Waals surface area contributed by atoms with Gasteiger partial charge >= 0.3 is 0 Å². The number of aryl methyl sites for hydroxylation is 1. The van der Waals surface area contributed by atoms with Gasteiger partial charge in [-0.15, -0.1) is 10.2 Å². The highest BCUT2D eigenvalue weighted by Gasteiger charge is 2.08. The van der Waals surface area contributed by atoms with E-state index in [1.54, 1.807) is 36.4 Å². The van der Waals surface area contributed by atoms with Gasteiger partial charge in [0.25, 0.3) is 5.91 Å². The molecule has 0 fully saturated rings. The van der Waals surface area contributed by atoms with E-state index in [4.69, 9.17) is 20.8 Å². The van der Waals surface area contributed by atoms with Gasteiger partial charge in [0, 0.05) is 16.3 Å². The number of carbonyl (C=O) groups excluding carboxylic acids is 1. The largest absolute Gasteiger partial charge is 0.484 e. The quantitative estimate of drug-likeness (QED) is 0.764. The molecule has 0 bridgehead atoms. The standard InChI is InChI=1S/C17H14ClN3O3/c1-11-7-14(5-6-15(11)18)23-9-16(22)20-13-4-2-3-12(8-13)17-21-19-10-24-17/h2-8,10H,9H2,1H3,(H,20,22). The minimum Gasteiger partial charge on any atom is -0.484 e. The second kappa shape index (κ2) is 7.14. The molecule has 0 spiro atoms. The molecule has 0 saturated carbocycles. The summed E-state index contributed by atoms with van der Waals surface area (Å²) in [7, 11) is 0. The van der Waals surface area contributed by atoms with Gasteiger partial charge in [-0.05, 0) is 48.9 Å². The Labute approximate surface area is 143 Å². The van der Waals surface area contributed by atoms with E-state index in [9.17, 15) is 4.79 Å². The van der Waals surface area contributed by atoms with Gasteiger partial charge in [0.2, 0.25) is 12.3 Å². The second-order valence-corrected chi connectivity index (χ2v) is 5.48. The normalized spacial score (nSPS) is 10.4. The second-order valence-electron chi connectivity index (χ2n) is 5.07. The number of nitrogens with zero attached hydrogens (tertiary/aromatic N) is 2. The molecule has 0 aliphatic heterocycles. The third-order valence-corrected chi connectivity index (χ3v) is 3.68. The molecular weight excluding hydrogens is 330 g/mol. The third kappa shape index (κ3) is 3.91. The van der Waals surface area contributed by atoms with Crippen LogP contribution in [0.25, 0.3) is 11.5 Å². The van der Waals surface area contributed by atoms with Crippen molar-refractivity contribution in [1.82, 2.24) is 10.2 Å². The van der Waals surface area contributed by atoms with Crippen LogP contribution in [-0.4, -0.2) is 22.7 Å². The highest BCUT2D eigenvalue weighted by atomic mass is 35.5. The molecule has 0 radical (unpaired) electrons. The number of hydrogen-bond donors (Lipinski definition) is 1. The number of rotatable bonds is 5. The van der Waals surface area contributed by atoms with Gasteiger partial charge in [0.05, 0.1) is 0 Å². The fourth-order valence-electron chi connectivity index (χ4n) is 2.08. The number of halogens is 1. The van der Waals surface area contributed by atoms with E-state index in [0.717, 1.165) is 11.1 Å². The Balaban J connectivity index is 1.60. The van der Waals surface area contributed by atoms with E-state index in [-0.39, 0.29) is 12.5 Å². The summed E-state index contributed by atoms with van der Waals surface area (Å²) < 4.78 is 10.6. The van der Waals surface area contributed by atoms with Crippen LogP contribution in [0.1, 0.15) is 5.56 Å². The van der Waals surface area contributed by atoms with Gasteiger partial charge < -0.3 is 14.5 Å². The first-order valence-electron chi connectivity index (χ1n) is 7.17. The molecule has 6 nitrogen and oxygen atoms in total. The predicted molar refractivity (Wildman–Crippen MR) is 90.0 cm³/mol. The number of amides is 1. The van der Waals surface area contributed by atoms with Gasteiger partial charge in [-0.3, -0.25) is 4.79 Å². The van der Waals surface area contributed by atoms with Crippen LogP contribution in [0.3, 0.4) is 0 Å².